The second-order valence-electron chi connectivity index (χ2n) is 4.83. The molecule has 0 fully saturated rings. The molecule has 0 bridgehead atoms. The van der Waals surface area contributed by atoms with E-state index in [9.17, 15) is 0 Å². The highest BCUT2D eigenvalue weighted by Gasteiger charge is 2.13. The van der Waals surface area contributed by atoms with E-state index < -0.39 is 0 Å². The average Bonchev–Trinajstić information content (AvgIpc) is 3.21. The minimum Gasteiger partial charge on any atom is -0.294 e. The highest BCUT2D eigenvalue weighted by molar-refractivity contribution is 8.01. The fourth-order valence-corrected chi connectivity index (χ4v) is 3.88. The number of rotatable bonds is 4. The Morgan fingerprint density at radius 1 is 1.26 bits per heavy atom. The lowest BCUT2D eigenvalue weighted by molar-refractivity contribution is 0.973. The van der Waals surface area contributed by atoms with Crippen LogP contribution in [0.1, 0.15) is 12.6 Å². The summed E-state index contributed by atoms with van der Waals surface area (Å²) in [5.74, 6) is 0.962. The van der Waals surface area contributed by atoms with Crippen LogP contribution in [0.2, 0.25) is 0 Å². The summed E-state index contributed by atoms with van der Waals surface area (Å²) in [5.41, 5.74) is 4.34. The fourth-order valence-electron chi connectivity index (χ4n) is 2.32. The zero-order valence-corrected chi connectivity index (χ0v) is 14.1. The van der Waals surface area contributed by atoms with Gasteiger partial charge >= 0.3 is 0 Å². The Morgan fingerprint density at radius 3 is 3.00 bits per heavy atom. The monoisotopic (exact) mass is 343 g/mol. The van der Waals surface area contributed by atoms with E-state index in [0.29, 0.717) is 5.13 Å². The smallest absolute Gasteiger partial charge is 0.252 e. The topological polar surface area (TPSA) is 83.6 Å². The molecule has 0 amide bonds. The Morgan fingerprint density at radius 2 is 2.13 bits per heavy atom. The van der Waals surface area contributed by atoms with Crippen molar-refractivity contribution in [1.29, 1.82) is 0 Å². The van der Waals surface area contributed by atoms with Crippen molar-refractivity contribution in [3.05, 3.63) is 30.0 Å². The molecule has 4 aromatic rings. The molecule has 3 aromatic heterocycles. The molecule has 23 heavy (non-hydrogen) atoms. The molecule has 0 aliphatic carbocycles. The van der Waals surface area contributed by atoms with Crippen molar-refractivity contribution in [2.45, 2.75) is 18.2 Å². The minimum absolute atomic E-state index is 0.552. The van der Waals surface area contributed by atoms with Crippen LogP contribution in [-0.2, 0) is 0 Å². The van der Waals surface area contributed by atoms with Crippen molar-refractivity contribution in [3.63, 3.8) is 0 Å². The average molecular weight is 343 g/mol. The molecule has 0 saturated carbocycles. The molecule has 116 valence electrons. The van der Waals surface area contributed by atoms with Crippen LogP contribution in [0.15, 0.2) is 38.8 Å². The maximum atomic E-state index is 4.62. The first-order valence-electron chi connectivity index (χ1n) is 7.10. The molecule has 7 nitrogen and oxygen atoms in total. The number of fused-ring (bicyclic) bond motifs is 3. The zero-order valence-electron chi connectivity index (χ0n) is 12.5. The number of imidazole rings is 1. The van der Waals surface area contributed by atoms with Crippen LogP contribution in [0, 0.1) is 6.92 Å². The third-order valence-corrected chi connectivity index (χ3v) is 5.13. The molecular weight excluding hydrogens is 330 g/mol. The number of para-hydroxylation sites is 2. The summed E-state index contributed by atoms with van der Waals surface area (Å²) < 4.78 is 2.83. The number of benzene rings is 1. The van der Waals surface area contributed by atoms with Crippen LogP contribution in [0.5, 0.6) is 0 Å². The molecule has 0 unspecified atom stereocenters. The van der Waals surface area contributed by atoms with Gasteiger partial charge in [0.2, 0.25) is 0 Å². The molecule has 0 spiro atoms. The standard InChI is InChI=1S/C14H13N7S2/c1-3-22-14-19-18-13(23-14)17-16-11-8(2)20-21-10-7-5-4-6-9(10)15-12(11)21/h4-7,20H,3H2,1-2H3. The molecule has 3 heterocycles. The van der Waals surface area contributed by atoms with E-state index in [1.165, 1.54) is 11.3 Å². The molecule has 0 atom stereocenters. The number of aromatic amines is 1. The lowest BCUT2D eigenvalue weighted by Crippen LogP contribution is -1.82. The molecule has 1 N–H and O–H groups in total. The molecule has 0 saturated heterocycles. The van der Waals surface area contributed by atoms with E-state index >= 15 is 0 Å². The maximum Gasteiger partial charge on any atom is 0.252 e. The third-order valence-electron chi connectivity index (χ3n) is 3.31. The molecule has 1 aromatic carbocycles. The van der Waals surface area contributed by atoms with Gasteiger partial charge in [-0.25, -0.2) is 9.50 Å². The van der Waals surface area contributed by atoms with Gasteiger partial charge in [0.1, 0.15) is 0 Å². The van der Waals surface area contributed by atoms with E-state index in [4.69, 9.17) is 0 Å². The lowest BCUT2D eigenvalue weighted by Gasteiger charge is -1.89. The van der Waals surface area contributed by atoms with E-state index in [2.05, 4.69) is 37.4 Å². The molecular formula is C14H13N7S2. The summed E-state index contributed by atoms with van der Waals surface area (Å²) in [4.78, 5) is 4.62. The van der Waals surface area contributed by atoms with Crippen molar-refractivity contribution in [3.8, 4) is 0 Å². The Hall–Kier alpha value is -2.26. The number of aromatic nitrogens is 5. The number of nitrogens with one attached hydrogen (secondary N) is 1. The van der Waals surface area contributed by atoms with Crippen LogP contribution in [0.3, 0.4) is 0 Å². The van der Waals surface area contributed by atoms with Gasteiger partial charge in [0.25, 0.3) is 5.13 Å². The molecule has 0 radical (unpaired) electrons. The predicted molar refractivity (Wildman–Crippen MR) is 92.3 cm³/mol. The number of hydrogen-bond donors (Lipinski definition) is 1. The van der Waals surface area contributed by atoms with Crippen LogP contribution in [-0.4, -0.2) is 30.5 Å². The maximum absolute atomic E-state index is 4.62. The summed E-state index contributed by atoms with van der Waals surface area (Å²) in [6.07, 6.45) is 0. The van der Waals surface area contributed by atoms with E-state index in [-0.39, 0.29) is 0 Å². The quantitative estimate of drug-likeness (QED) is 0.437. The highest BCUT2D eigenvalue weighted by Crippen LogP contribution is 2.31. The van der Waals surface area contributed by atoms with Gasteiger partial charge in [-0.15, -0.1) is 20.4 Å². The van der Waals surface area contributed by atoms with Gasteiger partial charge in [-0.1, -0.05) is 42.2 Å². The second kappa shape index (κ2) is 5.74. The van der Waals surface area contributed by atoms with Gasteiger partial charge in [0.15, 0.2) is 15.7 Å². The Balaban J connectivity index is 1.75. The first-order chi connectivity index (χ1) is 11.3. The molecule has 4 rings (SSSR count). The molecule has 9 heteroatoms. The second-order valence-corrected chi connectivity index (χ2v) is 7.30. The minimum atomic E-state index is 0.552. The van der Waals surface area contributed by atoms with Crippen molar-refractivity contribution >= 4 is 50.6 Å². The van der Waals surface area contributed by atoms with Gasteiger partial charge in [0, 0.05) is 0 Å². The van der Waals surface area contributed by atoms with E-state index in [1.54, 1.807) is 11.8 Å². The van der Waals surface area contributed by atoms with E-state index in [1.807, 2.05) is 35.7 Å². The van der Waals surface area contributed by atoms with Gasteiger partial charge in [0.05, 0.1) is 16.7 Å². The van der Waals surface area contributed by atoms with Crippen LogP contribution in [0.4, 0.5) is 10.8 Å². The van der Waals surface area contributed by atoms with Crippen molar-refractivity contribution < 1.29 is 0 Å². The Kier molecular flexibility index (Phi) is 3.58. The van der Waals surface area contributed by atoms with Gasteiger partial charge in [-0.3, -0.25) is 5.10 Å². The highest BCUT2D eigenvalue weighted by atomic mass is 32.2. The van der Waals surface area contributed by atoms with Crippen molar-refractivity contribution in [2.75, 3.05) is 5.75 Å². The number of azo groups is 1. The summed E-state index contributed by atoms with van der Waals surface area (Å²) in [6.45, 7) is 4.03. The third kappa shape index (κ3) is 2.51. The first kappa shape index (κ1) is 14.3. The van der Waals surface area contributed by atoms with Crippen LogP contribution in [0.25, 0.3) is 16.7 Å². The Bertz CT molecular complexity index is 1010. The van der Waals surface area contributed by atoms with Gasteiger partial charge in [-0.05, 0) is 24.8 Å². The van der Waals surface area contributed by atoms with Crippen molar-refractivity contribution in [1.82, 2.24) is 24.8 Å². The summed E-state index contributed by atoms with van der Waals surface area (Å²) in [6, 6.07) is 7.95. The first-order valence-corrected chi connectivity index (χ1v) is 8.90. The zero-order chi connectivity index (χ0) is 15.8. The molecule has 0 aliphatic heterocycles. The molecule has 0 aliphatic rings. The number of H-pyrrole nitrogens is 1. The lowest BCUT2D eigenvalue weighted by atomic mass is 10.3. The van der Waals surface area contributed by atoms with Crippen molar-refractivity contribution in [2.24, 2.45) is 10.2 Å². The largest absolute Gasteiger partial charge is 0.294 e. The SMILES string of the molecule is CCSc1nnc(N=Nc2c(C)[nH]n3c2nc2ccccc23)s1. The van der Waals surface area contributed by atoms with E-state index in [0.717, 1.165) is 38.2 Å². The number of nitrogens with zero attached hydrogens (tertiary/aromatic N) is 6. The van der Waals surface area contributed by atoms with Crippen LogP contribution >= 0.6 is 23.1 Å². The Labute approximate surface area is 139 Å². The summed E-state index contributed by atoms with van der Waals surface area (Å²) >= 11 is 3.09. The normalized spacial score (nSPS) is 12.1. The van der Waals surface area contributed by atoms with Gasteiger partial charge < -0.3 is 0 Å². The summed E-state index contributed by atoms with van der Waals surface area (Å²) in [7, 11) is 0. The van der Waals surface area contributed by atoms with Crippen LogP contribution < -0.4 is 0 Å². The number of hydrogen-bond acceptors (Lipinski definition) is 7. The van der Waals surface area contributed by atoms with Gasteiger partial charge in [-0.2, -0.15) is 0 Å². The number of aryl methyl sites for hydroxylation is 1. The summed E-state index contributed by atoms with van der Waals surface area (Å²) in [5, 5.41) is 20.5. The number of thioether (sulfide) groups is 1. The fraction of sp³-hybridized carbons (Fsp3) is 0.214. The predicted octanol–water partition coefficient (Wildman–Crippen LogP) is 4.50.